The van der Waals surface area contributed by atoms with Crippen LogP contribution in [-0.4, -0.2) is 25.4 Å². The largest absolute Gasteiger partial charge is 0.373 e. The molecule has 0 aliphatic carbocycles. The highest BCUT2D eigenvalue weighted by atomic mass is 16.5. The molecule has 76 valence electrons. The molecule has 0 aromatic heterocycles. The van der Waals surface area contributed by atoms with Gasteiger partial charge in [0, 0.05) is 6.61 Å². The Hall–Kier alpha value is -0.520. The molecule has 0 aliphatic heterocycles. The maximum Gasteiger partial charge on any atom is 0.107 e. The van der Waals surface area contributed by atoms with E-state index in [1.807, 2.05) is 13.8 Å². The number of rotatable bonds is 7. The first-order valence-electron chi connectivity index (χ1n) is 4.77. The molecule has 0 saturated carbocycles. The molecule has 0 fully saturated rings. The maximum absolute atomic E-state index is 5.62. The molecule has 0 bridgehead atoms. The third kappa shape index (κ3) is 7.83. The van der Waals surface area contributed by atoms with Crippen LogP contribution in [0.5, 0.6) is 0 Å². The van der Waals surface area contributed by atoms with Crippen molar-refractivity contribution in [2.45, 2.75) is 39.2 Å². The van der Waals surface area contributed by atoms with Gasteiger partial charge in [0.15, 0.2) is 0 Å². The molecule has 0 rings (SSSR count). The number of hydrogen-bond donors (Lipinski definition) is 0. The van der Waals surface area contributed by atoms with E-state index in [1.165, 1.54) is 0 Å². The van der Waals surface area contributed by atoms with Crippen LogP contribution < -0.4 is 0 Å². The first-order chi connectivity index (χ1) is 6.12. The van der Waals surface area contributed by atoms with Crippen LogP contribution in [0.1, 0.15) is 33.6 Å². The van der Waals surface area contributed by atoms with Gasteiger partial charge >= 0.3 is 0 Å². The fourth-order valence-electron chi connectivity index (χ4n) is 0.890. The quantitative estimate of drug-likeness (QED) is 0.446. The Balaban J connectivity index is 3.49. The maximum atomic E-state index is 5.62. The van der Waals surface area contributed by atoms with E-state index < -0.39 is 0 Å². The summed E-state index contributed by atoms with van der Waals surface area (Å²) in [5, 5.41) is 0. The third-order valence-electron chi connectivity index (χ3n) is 1.63. The lowest BCUT2D eigenvalue weighted by Crippen LogP contribution is -2.31. The van der Waals surface area contributed by atoms with Gasteiger partial charge in [0.1, 0.15) is 6.61 Å². The Bertz CT molecular complexity index is 156. The average molecular weight is 184 g/mol. The molecule has 0 saturated heterocycles. The fourth-order valence-corrected chi connectivity index (χ4v) is 0.890. The molecule has 0 radical (unpaired) electrons. The Labute approximate surface area is 81.6 Å². The van der Waals surface area contributed by atoms with Gasteiger partial charge in [0.05, 0.1) is 12.2 Å². The molecule has 13 heavy (non-hydrogen) atoms. The van der Waals surface area contributed by atoms with Crippen LogP contribution in [0.15, 0.2) is 0 Å². The van der Waals surface area contributed by atoms with E-state index in [1.54, 1.807) is 0 Å². The van der Waals surface area contributed by atoms with Crippen molar-refractivity contribution in [2.24, 2.45) is 0 Å². The Kier molecular flexibility index (Phi) is 6.66. The number of unbranched alkanes of at least 4 members (excludes halogenated alkanes) is 1. The van der Waals surface area contributed by atoms with Gasteiger partial charge in [-0.15, -0.1) is 6.42 Å². The van der Waals surface area contributed by atoms with E-state index in [0.717, 1.165) is 19.4 Å². The molecule has 0 N–H and O–H groups in total. The van der Waals surface area contributed by atoms with Crippen LogP contribution in [0.2, 0.25) is 0 Å². The molecule has 0 aliphatic rings. The molecule has 0 heterocycles. The van der Waals surface area contributed by atoms with Gasteiger partial charge in [-0.05, 0) is 20.3 Å². The van der Waals surface area contributed by atoms with E-state index in [9.17, 15) is 0 Å². The van der Waals surface area contributed by atoms with Gasteiger partial charge in [-0.25, -0.2) is 0 Å². The Morgan fingerprint density at radius 3 is 2.62 bits per heavy atom. The minimum Gasteiger partial charge on any atom is -0.373 e. The highest BCUT2D eigenvalue weighted by molar-refractivity contribution is 4.83. The van der Waals surface area contributed by atoms with Crippen LogP contribution in [0, 0.1) is 12.3 Å². The smallest absolute Gasteiger partial charge is 0.107 e. The lowest BCUT2D eigenvalue weighted by atomic mass is 10.1. The highest BCUT2D eigenvalue weighted by Gasteiger charge is 2.17. The van der Waals surface area contributed by atoms with Crippen LogP contribution >= 0.6 is 0 Å². The van der Waals surface area contributed by atoms with E-state index in [2.05, 4.69) is 12.8 Å². The summed E-state index contributed by atoms with van der Waals surface area (Å²) in [6.45, 7) is 7.88. The normalized spacial score (nSPS) is 11.2. The van der Waals surface area contributed by atoms with E-state index in [4.69, 9.17) is 15.9 Å². The predicted molar refractivity (Wildman–Crippen MR) is 54.6 cm³/mol. The third-order valence-corrected chi connectivity index (χ3v) is 1.63. The van der Waals surface area contributed by atoms with Crippen molar-refractivity contribution >= 4 is 0 Å². The number of ether oxygens (including phenoxy) is 2. The summed E-state index contributed by atoms with van der Waals surface area (Å²) < 4.78 is 10.8. The minimum absolute atomic E-state index is 0.216. The van der Waals surface area contributed by atoms with Gasteiger partial charge in [-0.2, -0.15) is 0 Å². The van der Waals surface area contributed by atoms with Gasteiger partial charge in [0.2, 0.25) is 0 Å². The van der Waals surface area contributed by atoms with Gasteiger partial charge in [-0.1, -0.05) is 19.3 Å². The molecule has 0 aromatic rings. The molecular weight excluding hydrogens is 164 g/mol. The second-order valence-electron chi connectivity index (χ2n) is 3.66. The predicted octanol–water partition coefficient (Wildman–Crippen LogP) is 2.23. The standard InChI is InChI=1S/C11H20O2/c1-5-7-9-13-11(3,4)10-12-8-6-2/h2H,5,7-10H2,1,3-4H3. The van der Waals surface area contributed by atoms with Crippen LogP contribution in [0.25, 0.3) is 0 Å². The van der Waals surface area contributed by atoms with E-state index in [0.29, 0.717) is 13.2 Å². The fraction of sp³-hybridized carbons (Fsp3) is 0.818. The lowest BCUT2D eigenvalue weighted by Gasteiger charge is -2.24. The van der Waals surface area contributed by atoms with Crippen molar-refractivity contribution in [1.29, 1.82) is 0 Å². The number of hydrogen-bond acceptors (Lipinski definition) is 2. The van der Waals surface area contributed by atoms with Crippen molar-refractivity contribution in [3.63, 3.8) is 0 Å². The summed E-state index contributed by atoms with van der Waals surface area (Å²) in [4.78, 5) is 0. The molecular formula is C11H20O2. The first kappa shape index (κ1) is 12.5. The summed E-state index contributed by atoms with van der Waals surface area (Å²) in [5.74, 6) is 2.43. The monoisotopic (exact) mass is 184 g/mol. The molecule has 0 unspecified atom stereocenters. The van der Waals surface area contributed by atoms with Crippen molar-refractivity contribution in [2.75, 3.05) is 19.8 Å². The summed E-state index contributed by atoms with van der Waals surface area (Å²) in [5.41, 5.74) is -0.216. The van der Waals surface area contributed by atoms with Gasteiger partial charge in [-0.3, -0.25) is 0 Å². The van der Waals surface area contributed by atoms with Crippen molar-refractivity contribution < 1.29 is 9.47 Å². The van der Waals surface area contributed by atoms with Crippen molar-refractivity contribution in [3.05, 3.63) is 0 Å². The summed E-state index contributed by atoms with van der Waals surface area (Å²) in [7, 11) is 0. The van der Waals surface area contributed by atoms with Crippen molar-refractivity contribution in [3.8, 4) is 12.3 Å². The summed E-state index contributed by atoms with van der Waals surface area (Å²) in [6.07, 6.45) is 7.31. The zero-order valence-corrected chi connectivity index (χ0v) is 8.93. The Morgan fingerprint density at radius 1 is 1.38 bits per heavy atom. The molecule has 0 spiro atoms. The Morgan fingerprint density at radius 2 is 2.08 bits per heavy atom. The SMILES string of the molecule is C#CCOCC(C)(C)OCCCC. The lowest BCUT2D eigenvalue weighted by molar-refractivity contribution is -0.0703. The second-order valence-corrected chi connectivity index (χ2v) is 3.66. The highest BCUT2D eigenvalue weighted by Crippen LogP contribution is 2.10. The zero-order valence-electron chi connectivity index (χ0n) is 8.93. The van der Waals surface area contributed by atoms with E-state index in [-0.39, 0.29) is 5.60 Å². The van der Waals surface area contributed by atoms with Crippen molar-refractivity contribution in [1.82, 2.24) is 0 Å². The van der Waals surface area contributed by atoms with E-state index >= 15 is 0 Å². The molecule has 0 aromatic carbocycles. The molecule has 2 heteroatoms. The van der Waals surface area contributed by atoms with Gasteiger partial charge in [0.25, 0.3) is 0 Å². The second kappa shape index (κ2) is 6.94. The van der Waals surface area contributed by atoms with Gasteiger partial charge < -0.3 is 9.47 Å². The number of terminal acetylenes is 1. The average Bonchev–Trinajstić information content (AvgIpc) is 2.05. The molecule has 0 atom stereocenters. The van der Waals surface area contributed by atoms with Crippen LogP contribution in [0.3, 0.4) is 0 Å². The van der Waals surface area contributed by atoms with Crippen LogP contribution in [-0.2, 0) is 9.47 Å². The molecule has 2 nitrogen and oxygen atoms in total. The molecule has 0 amide bonds. The first-order valence-corrected chi connectivity index (χ1v) is 4.77. The summed E-state index contributed by atoms with van der Waals surface area (Å²) >= 11 is 0. The summed E-state index contributed by atoms with van der Waals surface area (Å²) in [6, 6.07) is 0. The minimum atomic E-state index is -0.216. The van der Waals surface area contributed by atoms with Crippen LogP contribution in [0.4, 0.5) is 0 Å². The zero-order chi connectivity index (χ0) is 10.2. The topological polar surface area (TPSA) is 18.5 Å².